The van der Waals surface area contributed by atoms with Crippen molar-refractivity contribution in [2.45, 2.75) is 20.1 Å². The molecule has 96 valence electrons. The third-order valence-electron chi connectivity index (χ3n) is 2.56. The molecule has 0 bridgehead atoms. The van der Waals surface area contributed by atoms with E-state index in [1.807, 2.05) is 23.8 Å². The fourth-order valence-electron chi connectivity index (χ4n) is 1.62. The van der Waals surface area contributed by atoms with Gasteiger partial charge >= 0.3 is 0 Å². The smallest absolute Gasteiger partial charge is 0.124 e. The van der Waals surface area contributed by atoms with Crippen LogP contribution < -0.4 is 10.1 Å². The molecular weight excluding hydrogens is 249 g/mol. The summed E-state index contributed by atoms with van der Waals surface area (Å²) < 4.78 is 18.9. The molecule has 1 aromatic carbocycles. The van der Waals surface area contributed by atoms with Crippen LogP contribution in [0.25, 0.3) is 0 Å². The topological polar surface area (TPSA) is 21.3 Å². The van der Waals surface area contributed by atoms with Crippen molar-refractivity contribution in [2.24, 2.45) is 0 Å². The van der Waals surface area contributed by atoms with Crippen molar-refractivity contribution >= 4 is 11.3 Å². The Hall–Kier alpha value is -1.39. The normalized spacial score (nSPS) is 10.6. The highest BCUT2D eigenvalue weighted by Crippen LogP contribution is 2.21. The van der Waals surface area contributed by atoms with E-state index in [1.165, 1.54) is 12.1 Å². The Bertz CT molecular complexity index is 485. The molecule has 0 amide bonds. The molecule has 1 N–H and O–H groups in total. The summed E-state index contributed by atoms with van der Waals surface area (Å²) in [6, 6.07) is 6.66. The van der Waals surface area contributed by atoms with Gasteiger partial charge in [-0.15, -0.1) is 0 Å². The molecule has 0 aliphatic rings. The summed E-state index contributed by atoms with van der Waals surface area (Å²) in [5.74, 6) is 0.509. The number of nitrogens with one attached hydrogen (secondary N) is 1. The van der Waals surface area contributed by atoms with Crippen molar-refractivity contribution in [3.05, 3.63) is 52.0 Å². The van der Waals surface area contributed by atoms with Gasteiger partial charge in [-0.05, 0) is 47.1 Å². The number of halogens is 1. The predicted octanol–water partition coefficient (Wildman–Crippen LogP) is 3.58. The van der Waals surface area contributed by atoms with Crippen LogP contribution in [-0.2, 0) is 13.2 Å². The second-order valence-electron chi connectivity index (χ2n) is 3.95. The van der Waals surface area contributed by atoms with Crippen LogP contribution in [0.2, 0.25) is 0 Å². The number of hydrogen-bond donors (Lipinski definition) is 1. The zero-order chi connectivity index (χ0) is 12.8. The highest BCUT2D eigenvalue weighted by molar-refractivity contribution is 7.07. The molecule has 0 saturated heterocycles. The highest BCUT2D eigenvalue weighted by Gasteiger charge is 2.05. The lowest BCUT2D eigenvalue weighted by molar-refractivity contribution is 0.302. The summed E-state index contributed by atoms with van der Waals surface area (Å²) in [7, 11) is 0. The SMILES string of the molecule is CCNCc1cc(F)ccc1OCc1ccsc1. The zero-order valence-electron chi connectivity index (χ0n) is 10.3. The van der Waals surface area contributed by atoms with Gasteiger partial charge in [-0.2, -0.15) is 11.3 Å². The van der Waals surface area contributed by atoms with Crippen molar-refractivity contribution in [1.29, 1.82) is 0 Å². The van der Waals surface area contributed by atoms with Crippen molar-refractivity contribution in [3.8, 4) is 5.75 Å². The fourth-order valence-corrected chi connectivity index (χ4v) is 2.28. The van der Waals surface area contributed by atoms with Crippen LogP contribution in [0.15, 0.2) is 35.0 Å². The van der Waals surface area contributed by atoms with Gasteiger partial charge in [0.1, 0.15) is 18.2 Å². The monoisotopic (exact) mass is 265 g/mol. The third kappa shape index (κ3) is 3.55. The minimum Gasteiger partial charge on any atom is -0.489 e. The first-order chi connectivity index (χ1) is 8.79. The maximum atomic E-state index is 13.2. The summed E-state index contributed by atoms with van der Waals surface area (Å²) >= 11 is 1.64. The van der Waals surface area contributed by atoms with E-state index >= 15 is 0 Å². The quantitative estimate of drug-likeness (QED) is 0.862. The van der Waals surface area contributed by atoms with Crippen LogP contribution in [0.1, 0.15) is 18.1 Å². The van der Waals surface area contributed by atoms with Gasteiger partial charge in [0.2, 0.25) is 0 Å². The molecule has 0 saturated carbocycles. The molecule has 1 aromatic heterocycles. The second kappa shape index (κ2) is 6.52. The fraction of sp³-hybridized carbons (Fsp3) is 0.286. The number of thiophene rings is 1. The van der Waals surface area contributed by atoms with E-state index in [0.29, 0.717) is 13.2 Å². The van der Waals surface area contributed by atoms with Gasteiger partial charge in [-0.3, -0.25) is 0 Å². The molecule has 2 nitrogen and oxygen atoms in total. The van der Waals surface area contributed by atoms with E-state index < -0.39 is 0 Å². The average Bonchev–Trinajstić information content (AvgIpc) is 2.88. The standard InChI is InChI=1S/C14H16FNOS/c1-2-16-8-12-7-13(15)3-4-14(12)17-9-11-5-6-18-10-11/h3-7,10,16H,2,8-9H2,1H3. The molecule has 0 aliphatic heterocycles. The van der Waals surface area contributed by atoms with E-state index in [-0.39, 0.29) is 5.82 Å². The maximum Gasteiger partial charge on any atom is 0.124 e. The van der Waals surface area contributed by atoms with Crippen LogP contribution in [0, 0.1) is 5.82 Å². The lowest BCUT2D eigenvalue weighted by Crippen LogP contribution is -2.13. The first-order valence-corrected chi connectivity index (χ1v) is 6.87. The molecule has 0 radical (unpaired) electrons. The largest absolute Gasteiger partial charge is 0.489 e. The van der Waals surface area contributed by atoms with Gasteiger partial charge in [0.15, 0.2) is 0 Å². The summed E-state index contributed by atoms with van der Waals surface area (Å²) in [5.41, 5.74) is 1.99. The number of benzene rings is 1. The molecular formula is C14H16FNOS. The van der Waals surface area contributed by atoms with E-state index in [4.69, 9.17) is 4.74 Å². The van der Waals surface area contributed by atoms with Gasteiger partial charge < -0.3 is 10.1 Å². The second-order valence-corrected chi connectivity index (χ2v) is 4.73. The Morgan fingerprint density at radius 1 is 1.33 bits per heavy atom. The Balaban J connectivity index is 2.05. The Kier molecular flexibility index (Phi) is 4.73. The molecule has 0 atom stereocenters. The number of rotatable bonds is 6. The van der Waals surface area contributed by atoms with E-state index in [2.05, 4.69) is 5.32 Å². The lowest BCUT2D eigenvalue weighted by Gasteiger charge is -2.11. The van der Waals surface area contributed by atoms with E-state index in [9.17, 15) is 4.39 Å². The molecule has 0 spiro atoms. The predicted molar refractivity (Wildman–Crippen MR) is 72.4 cm³/mol. The first-order valence-electron chi connectivity index (χ1n) is 5.92. The molecule has 4 heteroatoms. The van der Waals surface area contributed by atoms with Crippen molar-refractivity contribution < 1.29 is 9.13 Å². The molecule has 0 fully saturated rings. The van der Waals surface area contributed by atoms with E-state index in [1.54, 1.807) is 17.4 Å². The summed E-state index contributed by atoms with van der Waals surface area (Å²) in [6.07, 6.45) is 0. The number of ether oxygens (including phenoxy) is 1. The first kappa shape index (κ1) is 13.1. The van der Waals surface area contributed by atoms with Gasteiger partial charge in [-0.25, -0.2) is 4.39 Å². The minimum atomic E-state index is -0.231. The summed E-state index contributed by atoms with van der Waals surface area (Å²) in [5, 5.41) is 7.25. The minimum absolute atomic E-state index is 0.231. The summed E-state index contributed by atoms with van der Waals surface area (Å²) in [6.45, 7) is 4.01. The van der Waals surface area contributed by atoms with Crippen LogP contribution in [0.4, 0.5) is 4.39 Å². The summed E-state index contributed by atoms with van der Waals surface area (Å²) in [4.78, 5) is 0. The van der Waals surface area contributed by atoms with Crippen LogP contribution in [0.5, 0.6) is 5.75 Å². The van der Waals surface area contributed by atoms with Gasteiger partial charge in [-0.1, -0.05) is 6.92 Å². The van der Waals surface area contributed by atoms with Gasteiger partial charge in [0.05, 0.1) is 0 Å². The zero-order valence-corrected chi connectivity index (χ0v) is 11.1. The Morgan fingerprint density at radius 2 is 2.22 bits per heavy atom. The molecule has 18 heavy (non-hydrogen) atoms. The van der Waals surface area contributed by atoms with Crippen molar-refractivity contribution in [1.82, 2.24) is 5.32 Å². The molecule has 2 rings (SSSR count). The van der Waals surface area contributed by atoms with Crippen LogP contribution in [-0.4, -0.2) is 6.54 Å². The molecule has 0 unspecified atom stereocenters. The molecule has 1 heterocycles. The molecule has 2 aromatic rings. The Morgan fingerprint density at radius 3 is 2.94 bits per heavy atom. The Labute approximate surface area is 110 Å². The third-order valence-corrected chi connectivity index (χ3v) is 3.29. The van der Waals surface area contributed by atoms with Crippen LogP contribution >= 0.6 is 11.3 Å². The van der Waals surface area contributed by atoms with E-state index in [0.717, 1.165) is 23.4 Å². The molecule has 0 aliphatic carbocycles. The highest BCUT2D eigenvalue weighted by atomic mass is 32.1. The lowest BCUT2D eigenvalue weighted by atomic mass is 10.2. The maximum absolute atomic E-state index is 13.2. The average molecular weight is 265 g/mol. The van der Waals surface area contributed by atoms with Crippen molar-refractivity contribution in [3.63, 3.8) is 0 Å². The van der Waals surface area contributed by atoms with Crippen molar-refractivity contribution in [2.75, 3.05) is 6.54 Å². The van der Waals surface area contributed by atoms with Gasteiger partial charge in [0, 0.05) is 12.1 Å². The van der Waals surface area contributed by atoms with Gasteiger partial charge in [0.25, 0.3) is 0 Å². The van der Waals surface area contributed by atoms with Crippen LogP contribution in [0.3, 0.4) is 0 Å². The number of hydrogen-bond acceptors (Lipinski definition) is 3.